The molecule has 0 bridgehead atoms. The van der Waals surface area contributed by atoms with Gasteiger partial charge in [0.1, 0.15) is 0 Å². The van der Waals surface area contributed by atoms with E-state index >= 15 is 0 Å². The first-order chi connectivity index (χ1) is 5.79. The van der Waals surface area contributed by atoms with Gasteiger partial charge in [0.05, 0.1) is 5.69 Å². The third kappa shape index (κ3) is 1.72. The summed E-state index contributed by atoms with van der Waals surface area (Å²) >= 11 is 0. The number of aromatic nitrogens is 2. The van der Waals surface area contributed by atoms with Crippen LogP contribution in [0.5, 0.6) is 0 Å². The number of hydrogen-bond acceptors (Lipinski definition) is 2. The Bertz CT molecular complexity index is 478. The van der Waals surface area contributed by atoms with Crippen LogP contribution < -0.4 is 10.5 Å². The second-order valence-corrected chi connectivity index (χ2v) is 2.63. The predicted octanol–water partition coefficient (Wildman–Crippen LogP) is 0.858. The average Bonchev–Trinajstić information content (AvgIpc) is 2.12. The van der Waals surface area contributed by atoms with Gasteiger partial charge in [0.2, 0.25) is 5.43 Å². The van der Waals surface area contributed by atoms with E-state index in [9.17, 15) is 4.79 Å². The van der Waals surface area contributed by atoms with Crippen LogP contribution in [0.3, 0.4) is 0 Å². The molecule has 2 aromatic rings. The Morgan fingerprint density at radius 2 is 2.00 bits per heavy atom. The maximum atomic E-state index is 11.4. The van der Waals surface area contributed by atoms with Gasteiger partial charge in [0.25, 0.3) is 0 Å². The Morgan fingerprint density at radius 3 is 2.77 bits per heavy atom. The molecule has 0 amide bonds. The molecule has 0 aliphatic rings. The minimum absolute atomic E-state index is 0. The summed E-state index contributed by atoms with van der Waals surface area (Å²) in [6.45, 7) is 1.67. The molecular formula is C9H7N2OTa+. The molecule has 2 rings (SSSR count). The maximum Gasteiger partial charge on any atom is 2.00 e. The Balaban J connectivity index is 0.000000845. The summed E-state index contributed by atoms with van der Waals surface area (Å²) in [5.74, 6) is 0. The summed E-state index contributed by atoms with van der Waals surface area (Å²) in [6, 6.07) is 7.21. The number of benzene rings is 1. The molecule has 0 aliphatic carbocycles. The summed E-state index contributed by atoms with van der Waals surface area (Å²) < 4.78 is 0. The SMILES string of the molecule is Cc1n[n-]c2ccccc2c1=O.[Ta+2]. The summed E-state index contributed by atoms with van der Waals surface area (Å²) in [5.41, 5.74) is 1.09. The van der Waals surface area contributed by atoms with Gasteiger partial charge in [-0.1, -0.05) is 24.3 Å². The first kappa shape index (κ1) is 10.2. The Labute approximate surface area is 90.7 Å². The molecule has 0 unspecified atom stereocenters. The monoisotopic (exact) mass is 340 g/mol. The van der Waals surface area contributed by atoms with Crippen molar-refractivity contribution in [2.75, 3.05) is 0 Å². The van der Waals surface area contributed by atoms with E-state index in [1.165, 1.54) is 0 Å². The average molecular weight is 340 g/mol. The molecule has 3 nitrogen and oxygen atoms in total. The minimum atomic E-state index is -0.0272. The van der Waals surface area contributed by atoms with Crippen molar-refractivity contribution in [2.24, 2.45) is 0 Å². The molecule has 0 saturated carbocycles. The van der Waals surface area contributed by atoms with Crippen LogP contribution in [0.1, 0.15) is 5.69 Å². The summed E-state index contributed by atoms with van der Waals surface area (Å²) in [4.78, 5) is 11.4. The first-order valence-corrected chi connectivity index (χ1v) is 3.68. The van der Waals surface area contributed by atoms with E-state index in [1.807, 2.05) is 12.1 Å². The number of nitrogens with zero attached hydrogens (tertiary/aromatic N) is 2. The van der Waals surface area contributed by atoms with E-state index in [0.717, 1.165) is 0 Å². The molecule has 4 heteroatoms. The van der Waals surface area contributed by atoms with E-state index < -0.39 is 0 Å². The smallest absolute Gasteiger partial charge is 0.575 e. The molecule has 0 spiro atoms. The third-order valence-electron chi connectivity index (χ3n) is 1.79. The minimum Gasteiger partial charge on any atom is -0.575 e. The normalized spacial score (nSPS) is 9.62. The van der Waals surface area contributed by atoms with Gasteiger partial charge in [-0.05, 0) is 6.92 Å². The molecule has 0 N–H and O–H groups in total. The zero-order chi connectivity index (χ0) is 8.55. The van der Waals surface area contributed by atoms with Crippen LogP contribution >= 0.6 is 0 Å². The van der Waals surface area contributed by atoms with Crippen molar-refractivity contribution in [2.45, 2.75) is 6.92 Å². The number of fused-ring (bicyclic) bond motifs is 1. The maximum absolute atomic E-state index is 11.4. The second kappa shape index (κ2) is 3.87. The molecule has 1 radical (unpaired) electrons. The molecule has 1 heterocycles. The Hall–Kier alpha value is -0.900. The number of hydrogen-bond donors (Lipinski definition) is 0. The number of aryl methyl sites for hydroxylation is 1. The second-order valence-electron chi connectivity index (χ2n) is 2.63. The van der Waals surface area contributed by atoms with Crippen molar-refractivity contribution < 1.29 is 22.4 Å². The molecule has 0 saturated heterocycles. The molecule has 0 fully saturated rings. The zero-order valence-corrected chi connectivity index (χ0v) is 10.3. The van der Waals surface area contributed by atoms with E-state index in [2.05, 4.69) is 10.2 Å². The zero-order valence-electron chi connectivity index (χ0n) is 7.06. The van der Waals surface area contributed by atoms with Crippen LogP contribution in [0.15, 0.2) is 29.1 Å². The quantitative estimate of drug-likeness (QED) is 0.715. The van der Waals surface area contributed by atoms with Crippen molar-refractivity contribution >= 4 is 10.9 Å². The van der Waals surface area contributed by atoms with Gasteiger partial charge in [-0.15, -0.1) is 5.52 Å². The van der Waals surface area contributed by atoms with Gasteiger partial charge in [-0.2, -0.15) is 0 Å². The van der Waals surface area contributed by atoms with Crippen molar-refractivity contribution in [1.82, 2.24) is 10.2 Å². The van der Waals surface area contributed by atoms with Gasteiger partial charge in [0.15, 0.2) is 0 Å². The van der Waals surface area contributed by atoms with Crippen LogP contribution in [-0.4, -0.2) is 5.10 Å². The summed E-state index contributed by atoms with van der Waals surface area (Å²) in [6.07, 6.45) is 0. The number of rotatable bonds is 0. The van der Waals surface area contributed by atoms with Crippen LogP contribution in [0, 0.1) is 6.92 Å². The molecule has 13 heavy (non-hydrogen) atoms. The van der Waals surface area contributed by atoms with E-state index in [4.69, 9.17) is 0 Å². The summed E-state index contributed by atoms with van der Waals surface area (Å²) in [7, 11) is 0. The van der Waals surface area contributed by atoms with Gasteiger partial charge < -0.3 is 10.2 Å². The van der Waals surface area contributed by atoms with Crippen molar-refractivity contribution in [3.63, 3.8) is 0 Å². The fourth-order valence-electron chi connectivity index (χ4n) is 1.12. The van der Waals surface area contributed by atoms with Gasteiger partial charge in [-0.3, -0.25) is 4.79 Å². The van der Waals surface area contributed by atoms with Gasteiger partial charge in [0, 0.05) is 5.39 Å². The van der Waals surface area contributed by atoms with Crippen molar-refractivity contribution in [3.05, 3.63) is 40.2 Å². The molecule has 0 aliphatic heterocycles. The predicted molar refractivity (Wildman–Crippen MR) is 46.1 cm³/mol. The molecular weight excluding hydrogens is 333 g/mol. The largest absolute Gasteiger partial charge is 2.00 e. The van der Waals surface area contributed by atoms with Crippen molar-refractivity contribution in [1.29, 1.82) is 0 Å². The Kier molecular flexibility index (Phi) is 3.03. The summed E-state index contributed by atoms with van der Waals surface area (Å²) in [5, 5.41) is 8.28. The van der Waals surface area contributed by atoms with Crippen LogP contribution in [-0.2, 0) is 22.4 Å². The van der Waals surface area contributed by atoms with Crippen LogP contribution in [0.25, 0.3) is 10.9 Å². The third-order valence-corrected chi connectivity index (χ3v) is 1.79. The molecule has 1 aromatic carbocycles. The van der Waals surface area contributed by atoms with Gasteiger partial charge >= 0.3 is 22.4 Å². The fourth-order valence-corrected chi connectivity index (χ4v) is 1.12. The van der Waals surface area contributed by atoms with E-state index in [-0.39, 0.29) is 27.8 Å². The molecule has 0 atom stereocenters. The van der Waals surface area contributed by atoms with E-state index in [0.29, 0.717) is 16.6 Å². The topological polar surface area (TPSA) is 44.1 Å². The first-order valence-electron chi connectivity index (χ1n) is 3.68. The van der Waals surface area contributed by atoms with Gasteiger partial charge in [-0.25, -0.2) is 0 Å². The Morgan fingerprint density at radius 1 is 1.31 bits per heavy atom. The van der Waals surface area contributed by atoms with Crippen LogP contribution in [0.2, 0.25) is 0 Å². The van der Waals surface area contributed by atoms with Crippen molar-refractivity contribution in [3.8, 4) is 0 Å². The van der Waals surface area contributed by atoms with E-state index in [1.54, 1.807) is 19.1 Å². The fraction of sp³-hybridized carbons (Fsp3) is 0.111. The standard InChI is InChI=1S/C9H8N2O.Ta/c1-6-9(12)7-4-2-3-5-8(7)11-10-6;/h2-5H,1H3,(H,11,12);/q;+2/p-1. The molecule has 1 aromatic heterocycles. The van der Waals surface area contributed by atoms with Crippen LogP contribution in [0.4, 0.5) is 0 Å². The molecule has 63 valence electrons.